The number of carbonyl (C=O) groups excluding carboxylic acids is 2. The van der Waals surface area contributed by atoms with Gasteiger partial charge >= 0.3 is 5.97 Å². The number of benzene rings is 1. The average molecular weight is 353 g/mol. The Bertz CT molecular complexity index is 709. The molecular weight excluding hydrogens is 336 g/mol. The highest BCUT2D eigenvalue weighted by Crippen LogP contribution is 2.30. The van der Waals surface area contributed by atoms with Crippen LogP contribution in [0.15, 0.2) is 24.3 Å². The summed E-state index contributed by atoms with van der Waals surface area (Å²) >= 11 is 7.07. The Balaban J connectivity index is 2.50. The van der Waals surface area contributed by atoms with Crippen LogP contribution in [-0.4, -0.2) is 42.0 Å². The molecule has 0 saturated heterocycles. The van der Waals surface area contributed by atoms with Crippen LogP contribution in [-0.2, 0) is 4.74 Å². The first-order valence-corrected chi connectivity index (χ1v) is 8.35. The number of amides is 1. The van der Waals surface area contributed by atoms with Crippen molar-refractivity contribution in [3.05, 3.63) is 39.9 Å². The Morgan fingerprint density at radius 2 is 1.83 bits per heavy atom. The molecule has 23 heavy (non-hydrogen) atoms. The predicted molar refractivity (Wildman–Crippen MR) is 91.2 cm³/mol. The fourth-order valence-corrected chi connectivity index (χ4v) is 3.22. The molecule has 0 spiro atoms. The van der Waals surface area contributed by atoms with Gasteiger partial charge in [-0.1, -0.05) is 23.7 Å². The summed E-state index contributed by atoms with van der Waals surface area (Å²) < 4.78 is 4.76. The number of ether oxygens (including phenoxy) is 1. The Kier molecular flexibility index (Phi) is 5.74. The quantitative estimate of drug-likeness (QED) is 0.769. The Morgan fingerprint density at radius 3 is 2.35 bits per heavy atom. The van der Waals surface area contributed by atoms with E-state index in [1.165, 1.54) is 18.4 Å². The summed E-state index contributed by atoms with van der Waals surface area (Å²) in [4.78, 5) is 30.8. The van der Waals surface area contributed by atoms with Crippen molar-refractivity contribution < 1.29 is 14.3 Å². The number of esters is 1. The maximum absolute atomic E-state index is 12.6. The van der Waals surface area contributed by atoms with E-state index in [1.54, 1.807) is 29.2 Å². The minimum Gasteiger partial charge on any atom is -0.464 e. The number of nitrogens with zero attached hydrogens (tertiary/aromatic N) is 2. The van der Waals surface area contributed by atoms with Crippen LogP contribution in [0.3, 0.4) is 0 Å². The lowest BCUT2D eigenvalue weighted by molar-refractivity contribution is 0.0586. The second-order valence-corrected chi connectivity index (χ2v) is 6.11. The van der Waals surface area contributed by atoms with Crippen molar-refractivity contribution >= 4 is 34.8 Å². The number of carbonyl (C=O) groups is 2. The van der Waals surface area contributed by atoms with Gasteiger partial charge in [0.25, 0.3) is 5.91 Å². The van der Waals surface area contributed by atoms with Crippen molar-refractivity contribution in [2.45, 2.75) is 13.8 Å². The number of aromatic nitrogens is 1. The molecule has 5 nitrogen and oxygen atoms in total. The first kappa shape index (κ1) is 17.4. The Hall–Kier alpha value is -1.92. The number of thiazole rings is 1. The second-order valence-electron chi connectivity index (χ2n) is 4.67. The average Bonchev–Trinajstić information content (AvgIpc) is 3.01. The third-order valence-electron chi connectivity index (χ3n) is 3.34. The van der Waals surface area contributed by atoms with Gasteiger partial charge in [0.2, 0.25) is 0 Å². The number of hydrogen-bond donors (Lipinski definition) is 0. The fraction of sp³-hybridized carbons (Fsp3) is 0.312. The summed E-state index contributed by atoms with van der Waals surface area (Å²) in [6.45, 7) is 4.90. The van der Waals surface area contributed by atoms with Crippen molar-refractivity contribution in [3.8, 4) is 10.6 Å². The van der Waals surface area contributed by atoms with E-state index in [-0.39, 0.29) is 11.6 Å². The third-order valence-corrected chi connectivity index (χ3v) is 4.69. The molecule has 2 aromatic rings. The minimum absolute atomic E-state index is 0.0550. The maximum Gasteiger partial charge on any atom is 0.358 e. The topological polar surface area (TPSA) is 59.5 Å². The largest absolute Gasteiger partial charge is 0.464 e. The number of rotatable bonds is 5. The zero-order valence-corrected chi connectivity index (χ0v) is 14.7. The summed E-state index contributed by atoms with van der Waals surface area (Å²) in [5, 5.41) is 1.19. The first-order valence-electron chi connectivity index (χ1n) is 7.16. The molecule has 0 aliphatic rings. The van der Waals surface area contributed by atoms with Gasteiger partial charge < -0.3 is 9.64 Å². The van der Waals surface area contributed by atoms with Gasteiger partial charge in [-0.25, -0.2) is 9.78 Å². The predicted octanol–water partition coefficient (Wildman–Crippen LogP) is 3.73. The first-order chi connectivity index (χ1) is 11.0. The van der Waals surface area contributed by atoms with Gasteiger partial charge in [-0.2, -0.15) is 0 Å². The van der Waals surface area contributed by atoms with Gasteiger partial charge in [-0.05, 0) is 26.0 Å². The molecule has 1 aromatic heterocycles. The standard InChI is InChI=1S/C16H17ClN2O3S/c1-4-19(5-2)15(20)13-12(16(21)22-3)18-14(23-13)10-6-8-11(17)9-7-10/h6-9H,4-5H2,1-3H3. The molecule has 0 N–H and O–H groups in total. The molecule has 122 valence electrons. The highest BCUT2D eigenvalue weighted by Gasteiger charge is 2.27. The van der Waals surface area contributed by atoms with E-state index >= 15 is 0 Å². The molecule has 0 fully saturated rings. The van der Waals surface area contributed by atoms with Crippen molar-refractivity contribution in [1.82, 2.24) is 9.88 Å². The van der Waals surface area contributed by atoms with E-state index < -0.39 is 5.97 Å². The van der Waals surface area contributed by atoms with Crippen LogP contribution < -0.4 is 0 Å². The molecule has 0 aliphatic heterocycles. The highest BCUT2D eigenvalue weighted by molar-refractivity contribution is 7.17. The van der Waals surface area contributed by atoms with Gasteiger partial charge in [-0.3, -0.25) is 4.79 Å². The third kappa shape index (κ3) is 3.71. The molecule has 2 rings (SSSR count). The molecule has 7 heteroatoms. The van der Waals surface area contributed by atoms with Crippen molar-refractivity contribution in [3.63, 3.8) is 0 Å². The molecule has 0 aliphatic carbocycles. The van der Waals surface area contributed by atoms with Crippen LogP contribution in [0.25, 0.3) is 10.6 Å². The normalized spacial score (nSPS) is 10.4. The van der Waals surface area contributed by atoms with E-state index in [9.17, 15) is 9.59 Å². The Morgan fingerprint density at radius 1 is 1.22 bits per heavy atom. The lowest BCUT2D eigenvalue weighted by atomic mass is 10.2. The summed E-state index contributed by atoms with van der Waals surface area (Å²) in [7, 11) is 1.27. The number of halogens is 1. The van der Waals surface area contributed by atoms with Gasteiger partial charge in [0, 0.05) is 23.7 Å². The van der Waals surface area contributed by atoms with Crippen LogP contribution in [0.5, 0.6) is 0 Å². The summed E-state index contributed by atoms with van der Waals surface area (Å²) in [5.74, 6) is -0.829. The molecule has 1 amide bonds. The zero-order chi connectivity index (χ0) is 17.0. The lowest BCUT2D eigenvalue weighted by Crippen LogP contribution is -2.31. The van der Waals surface area contributed by atoms with Gasteiger partial charge in [-0.15, -0.1) is 11.3 Å². The second kappa shape index (κ2) is 7.57. The van der Waals surface area contributed by atoms with Crippen molar-refractivity contribution in [2.24, 2.45) is 0 Å². The van der Waals surface area contributed by atoms with E-state index in [1.807, 2.05) is 13.8 Å². The number of hydrogen-bond acceptors (Lipinski definition) is 5. The van der Waals surface area contributed by atoms with Crippen LogP contribution in [0.4, 0.5) is 0 Å². The highest BCUT2D eigenvalue weighted by atomic mass is 35.5. The number of methoxy groups -OCH3 is 1. The molecular formula is C16H17ClN2O3S. The molecule has 0 unspecified atom stereocenters. The van der Waals surface area contributed by atoms with E-state index in [2.05, 4.69) is 4.98 Å². The van der Waals surface area contributed by atoms with Gasteiger partial charge in [0.05, 0.1) is 7.11 Å². The molecule has 0 saturated carbocycles. The smallest absolute Gasteiger partial charge is 0.358 e. The van der Waals surface area contributed by atoms with Gasteiger partial charge in [0.1, 0.15) is 9.88 Å². The van der Waals surface area contributed by atoms with Crippen LogP contribution in [0.1, 0.15) is 34.0 Å². The fourth-order valence-electron chi connectivity index (χ4n) is 2.07. The summed E-state index contributed by atoms with van der Waals surface area (Å²) in [6, 6.07) is 7.08. The minimum atomic E-state index is -0.614. The molecule has 1 heterocycles. The van der Waals surface area contributed by atoms with Crippen LogP contribution in [0.2, 0.25) is 5.02 Å². The van der Waals surface area contributed by atoms with Crippen molar-refractivity contribution in [2.75, 3.05) is 20.2 Å². The SMILES string of the molecule is CCN(CC)C(=O)c1sc(-c2ccc(Cl)cc2)nc1C(=O)OC. The van der Waals surface area contributed by atoms with Crippen LogP contribution >= 0.6 is 22.9 Å². The van der Waals surface area contributed by atoms with E-state index in [4.69, 9.17) is 16.3 Å². The van der Waals surface area contributed by atoms with E-state index in [0.717, 1.165) is 5.56 Å². The summed E-state index contributed by atoms with van der Waals surface area (Å²) in [5.41, 5.74) is 0.850. The molecule has 0 atom stereocenters. The molecule has 1 aromatic carbocycles. The van der Waals surface area contributed by atoms with Crippen molar-refractivity contribution in [1.29, 1.82) is 0 Å². The lowest BCUT2D eigenvalue weighted by Gasteiger charge is -2.17. The maximum atomic E-state index is 12.6. The monoisotopic (exact) mass is 352 g/mol. The molecule has 0 bridgehead atoms. The molecule has 0 radical (unpaired) electrons. The summed E-state index contributed by atoms with van der Waals surface area (Å²) in [6.07, 6.45) is 0. The van der Waals surface area contributed by atoms with E-state index in [0.29, 0.717) is 28.0 Å². The Labute approximate surface area is 143 Å². The van der Waals surface area contributed by atoms with Gasteiger partial charge in [0.15, 0.2) is 5.69 Å². The zero-order valence-electron chi connectivity index (χ0n) is 13.1. The van der Waals surface area contributed by atoms with Crippen LogP contribution in [0, 0.1) is 0 Å².